The van der Waals surface area contributed by atoms with Gasteiger partial charge in [-0.25, -0.2) is 0 Å². The SMILES string of the molecule is COC(=O)CCCCCCCCCCCN1C(=O)CSC1S. The highest BCUT2D eigenvalue weighted by Crippen LogP contribution is 2.27. The van der Waals surface area contributed by atoms with Crippen LogP contribution in [0, 0.1) is 0 Å². The van der Waals surface area contributed by atoms with E-state index < -0.39 is 0 Å². The van der Waals surface area contributed by atoms with E-state index in [1.807, 2.05) is 4.90 Å². The summed E-state index contributed by atoms with van der Waals surface area (Å²) in [5.74, 6) is 0.722. The van der Waals surface area contributed by atoms with E-state index in [-0.39, 0.29) is 16.6 Å². The van der Waals surface area contributed by atoms with Crippen molar-refractivity contribution in [2.75, 3.05) is 19.4 Å². The van der Waals surface area contributed by atoms with E-state index in [4.69, 9.17) is 0 Å². The summed E-state index contributed by atoms with van der Waals surface area (Å²) < 4.78 is 4.68. The molecule has 0 aromatic heterocycles. The van der Waals surface area contributed by atoms with Gasteiger partial charge in [0.2, 0.25) is 5.91 Å². The van der Waals surface area contributed by atoms with Crippen LogP contribution in [0.25, 0.3) is 0 Å². The van der Waals surface area contributed by atoms with Gasteiger partial charge in [-0.15, -0.1) is 24.4 Å². The molecule has 1 aliphatic rings. The van der Waals surface area contributed by atoms with E-state index in [2.05, 4.69) is 17.4 Å². The number of rotatable bonds is 12. The summed E-state index contributed by atoms with van der Waals surface area (Å²) in [5, 5.41) is 0. The van der Waals surface area contributed by atoms with Crippen LogP contribution in [0.15, 0.2) is 0 Å². The number of carbonyl (C=O) groups excluding carboxylic acids is 2. The number of carbonyl (C=O) groups is 2. The van der Waals surface area contributed by atoms with Crippen LogP contribution in [-0.4, -0.2) is 40.9 Å². The molecule has 1 atom stereocenters. The largest absolute Gasteiger partial charge is 0.469 e. The summed E-state index contributed by atoms with van der Waals surface area (Å²) in [5.41, 5.74) is 0. The van der Waals surface area contributed by atoms with Crippen LogP contribution in [0.4, 0.5) is 0 Å². The van der Waals surface area contributed by atoms with Gasteiger partial charge < -0.3 is 9.64 Å². The quantitative estimate of drug-likeness (QED) is 0.331. The van der Waals surface area contributed by atoms with Crippen LogP contribution in [0.2, 0.25) is 0 Å². The maximum atomic E-state index is 11.6. The summed E-state index contributed by atoms with van der Waals surface area (Å²) >= 11 is 6.01. The summed E-state index contributed by atoms with van der Waals surface area (Å²) in [6, 6.07) is 0. The number of hydrogen-bond donors (Lipinski definition) is 1. The van der Waals surface area contributed by atoms with Gasteiger partial charge >= 0.3 is 5.97 Å². The first kappa shape index (κ1) is 19.7. The molecule has 0 saturated carbocycles. The minimum atomic E-state index is -0.0988. The van der Waals surface area contributed by atoms with Crippen LogP contribution in [0.3, 0.4) is 0 Å². The van der Waals surface area contributed by atoms with Gasteiger partial charge in [-0.1, -0.05) is 44.9 Å². The maximum Gasteiger partial charge on any atom is 0.305 e. The molecule has 0 aromatic rings. The number of esters is 1. The van der Waals surface area contributed by atoms with E-state index in [1.54, 1.807) is 11.8 Å². The Morgan fingerprint density at radius 3 is 2.18 bits per heavy atom. The first-order valence-corrected chi connectivity index (χ1v) is 9.87. The molecule has 1 aliphatic heterocycles. The van der Waals surface area contributed by atoms with Crippen molar-refractivity contribution >= 4 is 36.3 Å². The fourth-order valence-electron chi connectivity index (χ4n) is 2.57. The molecule has 1 fully saturated rings. The smallest absolute Gasteiger partial charge is 0.305 e. The third-order valence-electron chi connectivity index (χ3n) is 3.95. The number of amides is 1. The van der Waals surface area contributed by atoms with Crippen molar-refractivity contribution < 1.29 is 14.3 Å². The molecular formula is C16H29NO3S2. The van der Waals surface area contributed by atoms with E-state index in [1.165, 1.54) is 45.6 Å². The predicted octanol–water partition coefficient (Wildman–Crippen LogP) is 3.85. The van der Waals surface area contributed by atoms with Gasteiger partial charge in [0.15, 0.2) is 0 Å². The molecule has 22 heavy (non-hydrogen) atoms. The second-order valence-corrected chi connectivity index (χ2v) is 7.64. The van der Waals surface area contributed by atoms with Gasteiger partial charge in [-0.05, 0) is 12.8 Å². The summed E-state index contributed by atoms with van der Waals surface area (Å²) in [7, 11) is 1.44. The van der Waals surface area contributed by atoms with E-state index in [0.717, 1.165) is 25.8 Å². The lowest BCUT2D eigenvalue weighted by atomic mass is 10.1. The lowest BCUT2D eigenvalue weighted by Gasteiger charge is -2.19. The Kier molecular flexibility index (Phi) is 10.8. The molecule has 1 unspecified atom stereocenters. The Balaban J connectivity index is 1.82. The van der Waals surface area contributed by atoms with Crippen molar-refractivity contribution in [3.8, 4) is 0 Å². The Morgan fingerprint density at radius 1 is 1.14 bits per heavy atom. The molecule has 0 aromatic carbocycles. The molecule has 0 spiro atoms. The second-order valence-electron chi connectivity index (χ2n) is 5.73. The second kappa shape index (κ2) is 12.1. The van der Waals surface area contributed by atoms with Crippen LogP contribution in [0.1, 0.15) is 64.2 Å². The van der Waals surface area contributed by atoms with Crippen LogP contribution in [-0.2, 0) is 14.3 Å². The minimum Gasteiger partial charge on any atom is -0.469 e. The van der Waals surface area contributed by atoms with Crippen molar-refractivity contribution in [3.63, 3.8) is 0 Å². The fraction of sp³-hybridized carbons (Fsp3) is 0.875. The van der Waals surface area contributed by atoms with Gasteiger partial charge in [0.05, 0.1) is 12.9 Å². The molecule has 0 N–H and O–H groups in total. The van der Waals surface area contributed by atoms with Gasteiger partial charge in [0.25, 0.3) is 0 Å². The Hall–Kier alpha value is -0.360. The standard InChI is InChI=1S/C16H29NO3S2/c1-20-15(19)11-9-7-5-3-2-4-6-8-10-12-17-14(18)13-22-16(17)21/h16,21H,2-13H2,1H3. The molecule has 0 aliphatic carbocycles. The summed E-state index contributed by atoms with van der Waals surface area (Å²) in [4.78, 5) is 24.4. The Bertz CT molecular complexity index is 339. The minimum absolute atomic E-state index is 0.0671. The highest BCUT2D eigenvalue weighted by Gasteiger charge is 2.27. The summed E-state index contributed by atoms with van der Waals surface area (Å²) in [6.07, 6.45) is 11.1. The molecule has 0 bridgehead atoms. The van der Waals surface area contributed by atoms with Gasteiger partial charge in [0.1, 0.15) is 4.71 Å². The number of ether oxygens (including phenoxy) is 1. The molecule has 1 amide bonds. The average Bonchev–Trinajstić information content (AvgIpc) is 2.83. The van der Waals surface area contributed by atoms with E-state index in [0.29, 0.717) is 12.2 Å². The number of thioether (sulfide) groups is 1. The first-order valence-electron chi connectivity index (χ1n) is 8.31. The fourth-order valence-corrected chi connectivity index (χ4v) is 3.90. The van der Waals surface area contributed by atoms with Crippen LogP contribution < -0.4 is 0 Å². The third-order valence-corrected chi connectivity index (χ3v) is 5.64. The Morgan fingerprint density at radius 2 is 1.68 bits per heavy atom. The lowest BCUT2D eigenvalue weighted by Crippen LogP contribution is -2.30. The predicted molar refractivity (Wildman–Crippen MR) is 95.1 cm³/mol. The summed E-state index contributed by atoms with van der Waals surface area (Å²) in [6.45, 7) is 0.855. The van der Waals surface area contributed by atoms with Crippen molar-refractivity contribution in [1.82, 2.24) is 4.90 Å². The van der Waals surface area contributed by atoms with Crippen molar-refractivity contribution in [3.05, 3.63) is 0 Å². The molecule has 0 radical (unpaired) electrons. The van der Waals surface area contributed by atoms with Crippen LogP contribution >= 0.6 is 24.4 Å². The van der Waals surface area contributed by atoms with Gasteiger partial charge in [-0.3, -0.25) is 9.59 Å². The number of unbranched alkanes of at least 4 members (excludes halogenated alkanes) is 8. The zero-order chi connectivity index (χ0) is 16.2. The van der Waals surface area contributed by atoms with Crippen molar-refractivity contribution in [1.29, 1.82) is 0 Å². The molecule has 1 rings (SSSR count). The number of thiol groups is 1. The molecule has 1 saturated heterocycles. The zero-order valence-corrected chi connectivity index (χ0v) is 15.3. The van der Waals surface area contributed by atoms with Crippen molar-refractivity contribution in [2.24, 2.45) is 0 Å². The highest BCUT2D eigenvalue weighted by molar-refractivity contribution is 8.11. The molecular weight excluding hydrogens is 318 g/mol. The van der Waals surface area contributed by atoms with E-state index >= 15 is 0 Å². The lowest BCUT2D eigenvalue weighted by molar-refractivity contribution is -0.140. The molecule has 4 nitrogen and oxygen atoms in total. The number of methoxy groups -OCH3 is 1. The first-order chi connectivity index (χ1) is 10.6. The maximum absolute atomic E-state index is 11.6. The van der Waals surface area contributed by atoms with Crippen LogP contribution in [0.5, 0.6) is 0 Å². The monoisotopic (exact) mass is 347 g/mol. The molecule has 1 heterocycles. The van der Waals surface area contributed by atoms with E-state index in [9.17, 15) is 9.59 Å². The van der Waals surface area contributed by atoms with Crippen molar-refractivity contribution in [2.45, 2.75) is 68.9 Å². The average molecular weight is 348 g/mol. The Labute approximate surface area is 144 Å². The third kappa shape index (κ3) is 8.32. The number of nitrogens with zero attached hydrogens (tertiary/aromatic N) is 1. The topological polar surface area (TPSA) is 46.6 Å². The van der Waals surface area contributed by atoms with Gasteiger partial charge in [0, 0.05) is 13.0 Å². The number of hydrogen-bond acceptors (Lipinski definition) is 5. The van der Waals surface area contributed by atoms with Gasteiger partial charge in [-0.2, -0.15) is 0 Å². The zero-order valence-electron chi connectivity index (χ0n) is 13.6. The highest BCUT2D eigenvalue weighted by atomic mass is 32.2. The normalized spacial score (nSPS) is 18.0. The molecule has 6 heteroatoms. The molecule has 128 valence electrons.